The molecule has 206 valence electrons. The Morgan fingerprint density at radius 2 is 1.79 bits per heavy atom. The average molecular weight is 546 g/mol. The molecular formula is C28H35NO8S. The van der Waals surface area contributed by atoms with Crippen LogP contribution in [0.2, 0.25) is 0 Å². The molecule has 5 rings (SSSR count). The molecule has 0 amide bonds. The van der Waals surface area contributed by atoms with Crippen LogP contribution in [0.15, 0.2) is 59.5 Å². The number of rotatable bonds is 7. The molecule has 0 aliphatic carbocycles. The van der Waals surface area contributed by atoms with Crippen LogP contribution in [0, 0.1) is 6.92 Å². The summed E-state index contributed by atoms with van der Waals surface area (Å²) in [6, 6.07) is 14.5. The number of esters is 1. The third-order valence-electron chi connectivity index (χ3n) is 7.07. The molecular weight excluding hydrogens is 510 g/mol. The number of benzene rings is 2. The lowest BCUT2D eigenvalue weighted by molar-refractivity contribution is -0.235. The first-order chi connectivity index (χ1) is 18.1. The fourth-order valence-corrected chi connectivity index (χ4v) is 6.82. The van der Waals surface area contributed by atoms with Crippen molar-refractivity contribution in [3.8, 4) is 0 Å². The monoisotopic (exact) mass is 545 g/mol. The summed E-state index contributed by atoms with van der Waals surface area (Å²) in [5.74, 6) is -1.69. The highest BCUT2D eigenvalue weighted by molar-refractivity contribution is 7.89. The van der Waals surface area contributed by atoms with Gasteiger partial charge in [0, 0.05) is 13.2 Å². The fraction of sp³-hybridized carbons (Fsp3) is 0.536. The van der Waals surface area contributed by atoms with Gasteiger partial charge in [-0.1, -0.05) is 48.0 Å². The summed E-state index contributed by atoms with van der Waals surface area (Å²) < 4.78 is 59.4. The lowest BCUT2D eigenvalue weighted by Crippen LogP contribution is -2.66. The maximum absolute atomic E-state index is 14.0. The smallest absolute Gasteiger partial charge is 0.327 e. The van der Waals surface area contributed by atoms with Gasteiger partial charge in [0.2, 0.25) is 10.0 Å². The highest BCUT2D eigenvalue weighted by Crippen LogP contribution is 2.40. The van der Waals surface area contributed by atoms with Gasteiger partial charge in [-0.15, -0.1) is 0 Å². The maximum Gasteiger partial charge on any atom is 0.327 e. The Kier molecular flexibility index (Phi) is 7.91. The van der Waals surface area contributed by atoms with E-state index < -0.39 is 52.4 Å². The van der Waals surface area contributed by atoms with E-state index in [2.05, 4.69) is 0 Å². The van der Waals surface area contributed by atoms with E-state index in [9.17, 15) is 13.2 Å². The van der Waals surface area contributed by atoms with Crippen LogP contribution in [0.5, 0.6) is 0 Å². The Balaban J connectivity index is 1.52. The molecule has 10 heteroatoms. The zero-order chi connectivity index (χ0) is 26.9. The van der Waals surface area contributed by atoms with Crippen molar-refractivity contribution in [2.45, 2.75) is 88.0 Å². The van der Waals surface area contributed by atoms with Crippen LogP contribution in [0.4, 0.5) is 0 Å². The lowest BCUT2D eigenvalue weighted by Gasteiger charge is -2.44. The number of ether oxygens (including phenoxy) is 5. The molecule has 0 N–H and O–H groups in total. The largest absolute Gasteiger partial charge is 0.460 e. The van der Waals surface area contributed by atoms with Gasteiger partial charge in [0.15, 0.2) is 18.1 Å². The molecule has 3 saturated heterocycles. The molecule has 2 aromatic rings. The molecule has 0 bridgehead atoms. The molecule has 2 aromatic carbocycles. The molecule has 0 aromatic heterocycles. The van der Waals surface area contributed by atoms with Crippen LogP contribution in [-0.2, 0) is 45.1 Å². The summed E-state index contributed by atoms with van der Waals surface area (Å²) in [4.78, 5) is 13.8. The fourth-order valence-electron chi connectivity index (χ4n) is 5.22. The molecule has 9 nitrogen and oxygen atoms in total. The van der Waals surface area contributed by atoms with Gasteiger partial charge < -0.3 is 23.7 Å². The number of hydrogen-bond acceptors (Lipinski definition) is 8. The van der Waals surface area contributed by atoms with Crippen LogP contribution in [-0.4, -0.2) is 68.3 Å². The van der Waals surface area contributed by atoms with Crippen molar-refractivity contribution in [3.63, 3.8) is 0 Å². The van der Waals surface area contributed by atoms with E-state index in [0.29, 0.717) is 13.0 Å². The molecule has 3 fully saturated rings. The second-order valence-electron chi connectivity index (χ2n) is 10.5. The van der Waals surface area contributed by atoms with Gasteiger partial charge in [-0.2, -0.15) is 4.31 Å². The SMILES string of the molecule is Cc1ccc(S(=O)(=O)N2C[C@@H]3OC(C)(C)O[C@H]3[C@@H](OC3CCCCO3)[C@@H]2C(=O)OCc2ccccc2)cc1. The van der Waals surface area contributed by atoms with Crippen molar-refractivity contribution in [2.75, 3.05) is 13.2 Å². The number of sulfonamides is 1. The Labute approximate surface area is 224 Å². The second kappa shape index (κ2) is 11.0. The molecule has 3 aliphatic heterocycles. The number of piperidine rings is 1. The van der Waals surface area contributed by atoms with Crippen molar-refractivity contribution in [1.82, 2.24) is 4.31 Å². The zero-order valence-corrected chi connectivity index (χ0v) is 22.8. The molecule has 5 atom stereocenters. The first-order valence-electron chi connectivity index (χ1n) is 13.1. The second-order valence-corrected chi connectivity index (χ2v) is 12.4. The summed E-state index contributed by atoms with van der Waals surface area (Å²) in [6.07, 6.45) is -0.460. The third-order valence-corrected chi connectivity index (χ3v) is 8.93. The number of aryl methyl sites for hydroxylation is 1. The van der Waals surface area contributed by atoms with Crippen molar-refractivity contribution in [2.24, 2.45) is 0 Å². The number of fused-ring (bicyclic) bond motifs is 1. The minimum Gasteiger partial charge on any atom is -0.460 e. The molecule has 1 unspecified atom stereocenters. The van der Waals surface area contributed by atoms with Crippen LogP contribution < -0.4 is 0 Å². The van der Waals surface area contributed by atoms with E-state index in [0.717, 1.165) is 28.3 Å². The van der Waals surface area contributed by atoms with Crippen LogP contribution in [0.25, 0.3) is 0 Å². The van der Waals surface area contributed by atoms with Gasteiger partial charge in [-0.05, 0) is 57.7 Å². The quantitative estimate of drug-likeness (QED) is 0.487. The van der Waals surface area contributed by atoms with Crippen molar-refractivity contribution in [3.05, 3.63) is 65.7 Å². The highest BCUT2D eigenvalue weighted by atomic mass is 32.2. The topological polar surface area (TPSA) is 101 Å². The highest BCUT2D eigenvalue weighted by Gasteiger charge is 2.59. The van der Waals surface area contributed by atoms with Crippen molar-refractivity contribution >= 4 is 16.0 Å². The number of carbonyl (C=O) groups is 1. The predicted octanol–water partition coefficient (Wildman–Crippen LogP) is 3.54. The number of carbonyl (C=O) groups excluding carboxylic acids is 1. The van der Waals surface area contributed by atoms with Gasteiger partial charge >= 0.3 is 5.97 Å². The predicted molar refractivity (Wildman–Crippen MR) is 137 cm³/mol. The normalized spacial score (nSPS) is 29.5. The van der Waals surface area contributed by atoms with Gasteiger partial charge in [-0.3, -0.25) is 4.79 Å². The van der Waals surface area contributed by atoms with E-state index in [1.54, 1.807) is 38.1 Å². The van der Waals surface area contributed by atoms with Gasteiger partial charge in [-0.25, -0.2) is 8.42 Å². The zero-order valence-electron chi connectivity index (χ0n) is 21.9. The van der Waals surface area contributed by atoms with E-state index >= 15 is 0 Å². The first-order valence-corrected chi connectivity index (χ1v) is 14.5. The van der Waals surface area contributed by atoms with Gasteiger partial charge in [0.05, 0.1) is 4.90 Å². The molecule has 38 heavy (non-hydrogen) atoms. The van der Waals surface area contributed by atoms with E-state index in [1.807, 2.05) is 37.3 Å². The minimum atomic E-state index is -4.13. The van der Waals surface area contributed by atoms with Gasteiger partial charge in [0.25, 0.3) is 0 Å². The summed E-state index contributed by atoms with van der Waals surface area (Å²) in [7, 11) is -4.13. The number of hydrogen-bond donors (Lipinski definition) is 0. The summed E-state index contributed by atoms with van der Waals surface area (Å²) in [5.41, 5.74) is 1.71. The standard InChI is InChI=1S/C28H35NO8S/c1-19-12-14-21(15-13-19)38(31,32)29-17-22-25(37-28(2,3)36-22)26(35-23-11-7-8-16-33-23)24(29)27(30)34-18-20-9-5-4-6-10-20/h4-6,9-10,12-15,22-26H,7-8,11,16-18H2,1-3H3/t22-,23?,24+,25+,26-/m0/s1. The summed E-state index contributed by atoms with van der Waals surface area (Å²) in [5, 5.41) is 0. The minimum absolute atomic E-state index is 0.00180. The molecule has 0 radical (unpaired) electrons. The summed E-state index contributed by atoms with van der Waals surface area (Å²) in [6.45, 7) is 5.86. The summed E-state index contributed by atoms with van der Waals surface area (Å²) >= 11 is 0. The molecule has 0 spiro atoms. The first kappa shape index (κ1) is 27.2. The molecule has 0 saturated carbocycles. The van der Waals surface area contributed by atoms with E-state index in [1.165, 1.54) is 0 Å². The molecule has 3 aliphatic rings. The third kappa shape index (κ3) is 5.80. The maximum atomic E-state index is 14.0. The Morgan fingerprint density at radius 1 is 1.05 bits per heavy atom. The lowest BCUT2D eigenvalue weighted by atomic mass is 9.95. The van der Waals surface area contributed by atoms with Crippen LogP contribution in [0.3, 0.4) is 0 Å². The number of nitrogens with zero attached hydrogens (tertiary/aromatic N) is 1. The Hall–Kier alpha value is -2.34. The van der Waals surface area contributed by atoms with Crippen LogP contribution in [0.1, 0.15) is 44.2 Å². The van der Waals surface area contributed by atoms with E-state index in [4.69, 9.17) is 23.7 Å². The van der Waals surface area contributed by atoms with Crippen LogP contribution >= 0.6 is 0 Å². The Bertz CT molecular complexity index is 1210. The van der Waals surface area contributed by atoms with Crippen molar-refractivity contribution < 1.29 is 36.9 Å². The van der Waals surface area contributed by atoms with Gasteiger partial charge in [0.1, 0.15) is 24.9 Å². The van der Waals surface area contributed by atoms with E-state index in [-0.39, 0.29) is 18.0 Å². The van der Waals surface area contributed by atoms with Crippen molar-refractivity contribution in [1.29, 1.82) is 0 Å². The molecule has 3 heterocycles. The Morgan fingerprint density at radius 3 is 2.47 bits per heavy atom. The average Bonchev–Trinajstić information content (AvgIpc) is 3.22.